The fraction of sp³-hybridized carbons (Fsp3) is 0.350. The summed E-state index contributed by atoms with van der Waals surface area (Å²) in [5, 5.41) is 14.8. The molecule has 27 heavy (non-hydrogen) atoms. The highest BCUT2D eigenvalue weighted by molar-refractivity contribution is 9.10. The summed E-state index contributed by atoms with van der Waals surface area (Å²) in [4.78, 5) is 12.2. The Hall–Kier alpha value is -2.09. The molecule has 0 unspecified atom stereocenters. The van der Waals surface area contributed by atoms with Gasteiger partial charge in [-0.25, -0.2) is 0 Å². The SMILES string of the molecule is CCOc1cc(CNCCO)cc(Br)c1OCC(=O)Nc1ccc(C)cc1. The van der Waals surface area contributed by atoms with Crippen LogP contribution in [0.25, 0.3) is 0 Å². The summed E-state index contributed by atoms with van der Waals surface area (Å²) in [5.74, 6) is 0.805. The number of carbonyl (C=O) groups excluding carboxylic acids is 1. The van der Waals surface area contributed by atoms with Crippen LogP contribution in [-0.2, 0) is 11.3 Å². The average molecular weight is 437 g/mol. The minimum absolute atomic E-state index is 0.0801. The van der Waals surface area contributed by atoms with E-state index in [0.717, 1.165) is 16.8 Å². The summed E-state index contributed by atoms with van der Waals surface area (Å²) in [6.45, 7) is 5.41. The number of nitrogens with one attached hydrogen (secondary N) is 2. The maximum absolute atomic E-state index is 12.2. The highest BCUT2D eigenvalue weighted by atomic mass is 79.9. The molecule has 146 valence electrons. The van der Waals surface area contributed by atoms with E-state index in [0.29, 0.717) is 35.7 Å². The lowest BCUT2D eigenvalue weighted by Crippen LogP contribution is -2.21. The third-order valence-corrected chi connectivity index (χ3v) is 4.26. The van der Waals surface area contributed by atoms with Crippen molar-refractivity contribution in [2.45, 2.75) is 20.4 Å². The quantitative estimate of drug-likeness (QED) is 0.498. The number of aryl methyl sites for hydroxylation is 1. The molecule has 2 aromatic carbocycles. The molecule has 0 aromatic heterocycles. The van der Waals surface area contributed by atoms with Gasteiger partial charge in [-0.3, -0.25) is 4.79 Å². The van der Waals surface area contributed by atoms with Crippen molar-refractivity contribution >= 4 is 27.5 Å². The van der Waals surface area contributed by atoms with Crippen LogP contribution in [0.5, 0.6) is 11.5 Å². The van der Waals surface area contributed by atoms with Crippen molar-refractivity contribution < 1.29 is 19.4 Å². The number of anilines is 1. The van der Waals surface area contributed by atoms with Gasteiger partial charge in [0.15, 0.2) is 18.1 Å². The first kappa shape index (κ1) is 21.2. The molecule has 0 aliphatic carbocycles. The van der Waals surface area contributed by atoms with Crippen LogP contribution in [0.3, 0.4) is 0 Å². The highest BCUT2D eigenvalue weighted by Crippen LogP contribution is 2.37. The number of halogens is 1. The molecule has 0 bridgehead atoms. The van der Waals surface area contributed by atoms with Crippen LogP contribution in [0.1, 0.15) is 18.1 Å². The first-order valence-corrected chi connectivity index (χ1v) is 9.59. The number of hydrogen-bond acceptors (Lipinski definition) is 5. The fourth-order valence-corrected chi connectivity index (χ4v) is 3.01. The Bertz CT molecular complexity index is 750. The molecule has 0 saturated heterocycles. The van der Waals surface area contributed by atoms with Crippen molar-refractivity contribution in [2.75, 3.05) is 31.7 Å². The average Bonchev–Trinajstić information content (AvgIpc) is 2.63. The van der Waals surface area contributed by atoms with Gasteiger partial charge < -0.3 is 25.2 Å². The molecule has 0 fully saturated rings. The van der Waals surface area contributed by atoms with Gasteiger partial charge in [0.1, 0.15) is 0 Å². The van der Waals surface area contributed by atoms with E-state index in [1.165, 1.54) is 0 Å². The minimum Gasteiger partial charge on any atom is -0.490 e. The Morgan fingerprint density at radius 2 is 1.93 bits per heavy atom. The Balaban J connectivity index is 2.02. The number of aliphatic hydroxyl groups excluding tert-OH is 1. The van der Waals surface area contributed by atoms with E-state index in [-0.39, 0.29) is 19.1 Å². The molecule has 7 heteroatoms. The van der Waals surface area contributed by atoms with Crippen LogP contribution in [0.4, 0.5) is 5.69 Å². The van der Waals surface area contributed by atoms with Crippen molar-refractivity contribution in [3.8, 4) is 11.5 Å². The summed E-state index contributed by atoms with van der Waals surface area (Å²) < 4.78 is 12.1. The molecule has 0 atom stereocenters. The molecule has 3 N–H and O–H groups in total. The van der Waals surface area contributed by atoms with E-state index in [1.807, 2.05) is 50.2 Å². The molecule has 1 amide bonds. The molecule has 0 aliphatic rings. The molecule has 6 nitrogen and oxygen atoms in total. The van der Waals surface area contributed by atoms with Crippen molar-refractivity contribution in [3.05, 3.63) is 52.0 Å². The Morgan fingerprint density at radius 3 is 2.59 bits per heavy atom. The lowest BCUT2D eigenvalue weighted by Gasteiger charge is -2.15. The summed E-state index contributed by atoms with van der Waals surface area (Å²) >= 11 is 3.49. The number of ether oxygens (including phenoxy) is 2. The largest absolute Gasteiger partial charge is 0.490 e. The molecule has 0 radical (unpaired) electrons. The zero-order valence-corrected chi connectivity index (χ0v) is 17.1. The second-order valence-corrected chi connectivity index (χ2v) is 6.80. The second kappa shape index (κ2) is 10.9. The Kier molecular flexibility index (Phi) is 8.57. The first-order valence-electron chi connectivity index (χ1n) is 8.79. The molecule has 0 heterocycles. The van der Waals surface area contributed by atoms with Gasteiger partial charge >= 0.3 is 0 Å². The van der Waals surface area contributed by atoms with Gasteiger partial charge in [0.05, 0.1) is 17.7 Å². The van der Waals surface area contributed by atoms with Crippen LogP contribution in [0.2, 0.25) is 0 Å². The topological polar surface area (TPSA) is 79.8 Å². The van der Waals surface area contributed by atoms with Gasteiger partial charge in [-0.2, -0.15) is 0 Å². The van der Waals surface area contributed by atoms with Gasteiger partial charge in [-0.15, -0.1) is 0 Å². The second-order valence-electron chi connectivity index (χ2n) is 5.94. The van der Waals surface area contributed by atoms with Crippen molar-refractivity contribution in [1.82, 2.24) is 5.32 Å². The monoisotopic (exact) mass is 436 g/mol. The normalized spacial score (nSPS) is 10.5. The standard InChI is InChI=1S/C20H25BrN2O4/c1-3-26-18-11-15(12-22-8-9-24)10-17(21)20(18)27-13-19(25)23-16-6-4-14(2)5-7-16/h4-7,10-11,22,24H,3,8-9,12-13H2,1-2H3,(H,23,25). The summed E-state index contributed by atoms with van der Waals surface area (Å²) in [6, 6.07) is 11.3. The van der Waals surface area contributed by atoms with E-state index in [4.69, 9.17) is 14.6 Å². The molecular weight excluding hydrogens is 412 g/mol. The molecule has 2 aromatic rings. The van der Waals surface area contributed by atoms with Crippen LogP contribution in [0.15, 0.2) is 40.9 Å². The van der Waals surface area contributed by atoms with Gasteiger partial charge in [0.2, 0.25) is 0 Å². The number of hydrogen-bond donors (Lipinski definition) is 3. The summed E-state index contributed by atoms with van der Waals surface area (Å²) in [5.41, 5.74) is 2.84. The lowest BCUT2D eigenvalue weighted by molar-refractivity contribution is -0.118. The van der Waals surface area contributed by atoms with Gasteiger partial charge in [0, 0.05) is 18.8 Å². The third-order valence-electron chi connectivity index (χ3n) is 3.67. The van der Waals surface area contributed by atoms with E-state index < -0.39 is 0 Å². The van der Waals surface area contributed by atoms with Crippen molar-refractivity contribution in [2.24, 2.45) is 0 Å². The summed E-state index contributed by atoms with van der Waals surface area (Å²) in [6.07, 6.45) is 0. The molecule has 0 saturated carbocycles. The van der Waals surface area contributed by atoms with E-state index in [9.17, 15) is 4.79 Å². The Morgan fingerprint density at radius 1 is 1.19 bits per heavy atom. The van der Waals surface area contributed by atoms with Crippen molar-refractivity contribution in [3.63, 3.8) is 0 Å². The maximum Gasteiger partial charge on any atom is 0.262 e. The fourth-order valence-electron chi connectivity index (χ4n) is 2.41. The van der Waals surface area contributed by atoms with Crippen molar-refractivity contribution in [1.29, 1.82) is 0 Å². The first-order chi connectivity index (χ1) is 13.0. The number of rotatable bonds is 10. The number of benzene rings is 2. The third kappa shape index (κ3) is 6.86. The number of aliphatic hydroxyl groups is 1. The highest BCUT2D eigenvalue weighted by Gasteiger charge is 2.14. The summed E-state index contributed by atoms with van der Waals surface area (Å²) in [7, 11) is 0. The Labute approximate surface area is 168 Å². The van der Waals surface area contributed by atoms with Gasteiger partial charge in [-0.05, 0) is 59.6 Å². The molecule has 0 spiro atoms. The van der Waals surface area contributed by atoms with E-state index >= 15 is 0 Å². The van der Waals surface area contributed by atoms with Crippen LogP contribution in [-0.4, -0.2) is 37.4 Å². The van der Waals surface area contributed by atoms with E-state index in [1.54, 1.807) is 0 Å². The molecular formula is C20H25BrN2O4. The van der Waals surface area contributed by atoms with Gasteiger partial charge in [-0.1, -0.05) is 17.7 Å². The van der Waals surface area contributed by atoms with Gasteiger partial charge in [0.25, 0.3) is 5.91 Å². The number of amides is 1. The molecule has 0 aliphatic heterocycles. The predicted octanol–water partition coefficient (Wildman–Crippen LogP) is 3.26. The number of carbonyl (C=O) groups is 1. The van der Waals surface area contributed by atoms with Crippen LogP contribution < -0.4 is 20.1 Å². The van der Waals surface area contributed by atoms with Crippen LogP contribution >= 0.6 is 15.9 Å². The smallest absolute Gasteiger partial charge is 0.262 e. The maximum atomic E-state index is 12.2. The minimum atomic E-state index is -0.248. The van der Waals surface area contributed by atoms with E-state index in [2.05, 4.69) is 26.6 Å². The predicted molar refractivity (Wildman–Crippen MR) is 109 cm³/mol. The lowest BCUT2D eigenvalue weighted by atomic mass is 10.2. The zero-order valence-electron chi connectivity index (χ0n) is 15.5. The van der Waals surface area contributed by atoms with Crippen LogP contribution in [0, 0.1) is 6.92 Å². The zero-order chi connectivity index (χ0) is 19.6. The molecule has 2 rings (SSSR count).